The first-order chi connectivity index (χ1) is 45.8. The van der Waals surface area contributed by atoms with E-state index in [2.05, 4.69) is 64.1 Å². The number of fused-ring (bicyclic) bond motifs is 6. The van der Waals surface area contributed by atoms with Crippen LogP contribution in [0.2, 0.25) is 15.1 Å². The fourth-order valence-electron chi connectivity index (χ4n) is 12.3. The average molecular weight is 1340 g/mol. The van der Waals surface area contributed by atoms with Crippen LogP contribution < -0.4 is 16.3 Å². The molecule has 16 rings (SSSR count). The minimum absolute atomic E-state index is 0.0963. The zero-order valence-electron chi connectivity index (χ0n) is 50.3. The largest absolute Gasteiger partial charge is 0.346 e. The highest BCUT2D eigenvalue weighted by Gasteiger charge is 2.30. The second-order valence-corrected chi connectivity index (χ2v) is 28.5. The lowest BCUT2D eigenvalue weighted by Crippen LogP contribution is -2.09. The van der Waals surface area contributed by atoms with Crippen molar-refractivity contribution in [1.29, 1.82) is 0 Å². The maximum atomic E-state index is 14.5. The Morgan fingerprint density at radius 2 is 1.10 bits per heavy atom. The SMILES string of the molecule is CSc1cc(=O)c2cc(-c3cc(Cl)c4ncccc4c3)c(-c3ccc(-c4cnc5c(Cl)cc(-c6cc7c(=O)c(SC(C)C)c[nH]c7nc6-c6cccc(-c7cnc8c(Cl)cc(-c9c(-c%10ccccc%10)nc%10[nH]ccc(=O)c%10c9SC9CC9)cc8c7)c6)cc5c4)cc3)nc2[nH]1. The van der Waals surface area contributed by atoms with Crippen molar-refractivity contribution in [3.05, 3.63) is 241 Å². The molecule has 12 nitrogen and oxygen atoms in total. The van der Waals surface area contributed by atoms with Gasteiger partial charge in [0.2, 0.25) is 5.43 Å². The maximum Gasteiger partial charge on any atom is 0.204 e. The molecule has 1 aliphatic carbocycles. The van der Waals surface area contributed by atoms with Crippen LogP contribution in [0, 0.1) is 0 Å². The normalized spacial score (nSPS) is 12.6. The number of halogens is 3. The molecule has 0 spiro atoms. The van der Waals surface area contributed by atoms with Crippen LogP contribution in [0.5, 0.6) is 0 Å². The van der Waals surface area contributed by atoms with Crippen molar-refractivity contribution in [2.45, 2.75) is 52.0 Å². The van der Waals surface area contributed by atoms with Gasteiger partial charge in [0.15, 0.2) is 10.9 Å². The van der Waals surface area contributed by atoms with Crippen LogP contribution >= 0.6 is 70.1 Å². The maximum absolute atomic E-state index is 14.5. The van der Waals surface area contributed by atoms with Crippen molar-refractivity contribution < 1.29 is 0 Å². The Bertz CT molecular complexity index is 5860. The molecular formula is C76H50Cl3N9O3S3. The minimum Gasteiger partial charge on any atom is -0.346 e. The molecule has 0 saturated heterocycles. The van der Waals surface area contributed by atoms with Crippen molar-refractivity contribution in [1.82, 2.24) is 44.9 Å². The molecule has 0 aliphatic heterocycles. The van der Waals surface area contributed by atoms with E-state index in [0.29, 0.717) is 96.8 Å². The number of aromatic amines is 3. The molecule has 456 valence electrons. The predicted octanol–water partition coefficient (Wildman–Crippen LogP) is 19.8. The van der Waals surface area contributed by atoms with E-state index in [1.165, 1.54) is 23.5 Å². The predicted molar refractivity (Wildman–Crippen MR) is 390 cm³/mol. The molecule has 1 fully saturated rings. The van der Waals surface area contributed by atoms with Gasteiger partial charge in [0.25, 0.3) is 0 Å². The number of pyridine rings is 9. The summed E-state index contributed by atoms with van der Waals surface area (Å²) in [7, 11) is 0. The van der Waals surface area contributed by atoms with Gasteiger partial charge >= 0.3 is 0 Å². The van der Waals surface area contributed by atoms with Crippen molar-refractivity contribution in [2.24, 2.45) is 0 Å². The molecule has 6 aromatic carbocycles. The molecule has 9 aromatic heterocycles. The Kier molecular flexibility index (Phi) is 15.3. The van der Waals surface area contributed by atoms with E-state index in [1.54, 1.807) is 42.5 Å². The van der Waals surface area contributed by atoms with Gasteiger partial charge in [0, 0.05) is 119 Å². The Morgan fingerprint density at radius 3 is 1.81 bits per heavy atom. The number of nitrogens with zero attached hydrogens (tertiary/aromatic N) is 6. The van der Waals surface area contributed by atoms with Crippen LogP contribution in [-0.4, -0.2) is 61.6 Å². The van der Waals surface area contributed by atoms with E-state index in [1.807, 2.05) is 140 Å². The molecule has 0 unspecified atom stereocenters. The molecule has 0 bridgehead atoms. The van der Waals surface area contributed by atoms with Crippen LogP contribution in [0.1, 0.15) is 26.7 Å². The van der Waals surface area contributed by atoms with Gasteiger partial charge < -0.3 is 15.0 Å². The second kappa shape index (κ2) is 24.1. The lowest BCUT2D eigenvalue weighted by molar-refractivity contribution is 1.10. The fraction of sp³-hybridized carbons (Fsp3) is 0.0921. The molecule has 0 radical (unpaired) electrons. The summed E-state index contributed by atoms with van der Waals surface area (Å²) < 4.78 is 0. The van der Waals surface area contributed by atoms with E-state index in [4.69, 9.17) is 59.7 Å². The van der Waals surface area contributed by atoms with Gasteiger partial charge in [0.1, 0.15) is 16.9 Å². The third-order valence-electron chi connectivity index (χ3n) is 16.9. The standard InChI is InChI=1S/C76H50Cl3N9O3S3/c1-38(2)93-62-37-84-74-56(72(62)91)33-54(46-25-48-27-50(35-82-69(48)58(78)30-46)39-14-16-41(17-15-39)66-53(32-55-61(90)34-63(92-3)85-75(55)87-66)45-24-44-13-8-21-80-68(44)57(77)29-45)67(86-74)43-12-7-11-42(23-43)51-28-49-26-47(31-59(79)70(49)83-36-51)64-71(40-9-5-4-6-10-40)88-76-65(60(89)20-22-81-76)73(64)94-52-18-19-52/h4-17,20-38,52H,18-19H2,1-3H3,(H,81,88,89)(H,84,86,91)(H,85,87,90). The number of rotatable bonds is 13. The molecule has 9 heterocycles. The van der Waals surface area contributed by atoms with Crippen LogP contribution in [0.3, 0.4) is 0 Å². The van der Waals surface area contributed by atoms with Crippen LogP contribution in [0.25, 0.3) is 155 Å². The molecule has 0 amide bonds. The molecule has 15 aromatic rings. The first kappa shape index (κ1) is 59.6. The van der Waals surface area contributed by atoms with Crippen molar-refractivity contribution in [2.75, 3.05) is 6.26 Å². The molecular weight excluding hydrogens is 1290 g/mol. The van der Waals surface area contributed by atoms with Crippen molar-refractivity contribution in [3.8, 4) is 89.4 Å². The number of aromatic nitrogens is 9. The van der Waals surface area contributed by atoms with Gasteiger partial charge in [-0.25, -0.2) is 15.0 Å². The molecule has 18 heteroatoms. The number of hydrogen-bond acceptors (Lipinski definition) is 12. The Morgan fingerprint density at radius 1 is 0.500 bits per heavy atom. The monoisotopic (exact) mass is 1340 g/mol. The molecule has 0 atom stereocenters. The van der Waals surface area contributed by atoms with Crippen LogP contribution in [0.15, 0.2) is 224 Å². The van der Waals surface area contributed by atoms with E-state index >= 15 is 0 Å². The van der Waals surface area contributed by atoms with Crippen molar-refractivity contribution >= 4 is 136 Å². The Labute approximate surface area is 564 Å². The third kappa shape index (κ3) is 11.0. The zero-order chi connectivity index (χ0) is 64.0. The first-order valence-electron chi connectivity index (χ1n) is 30.4. The number of thioether (sulfide) groups is 3. The van der Waals surface area contributed by atoms with Crippen LogP contribution in [0.4, 0.5) is 0 Å². The third-order valence-corrected chi connectivity index (χ3v) is 20.9. The summed E-state index contributed by atoms with van der Waals surface area (Å²) in [5.74, 6) is 0. The highest BCUT2D eigenvalue weighted by atomic mass is 35.5. The van der Waals surface area contributed by atoms with Gasteiger partial charge in [-0.1, -0.05) is 128 Å². The summed E-state index contributed by atoms with van der Waals surface area (Å²) in [4.78, 5) is 83.3. The van der Waals surface area contributed by atoms with Gasteiger partial charge in [-0.3, -0.25) is 29.3 Å². The smallest absolute Gasteiger partial charge is 0.204 e. The summed E-state index contributed by atoms with van der Waals surface area (Å²) in [6.45, 7) is 4.12. The number of benzene rings is 6. The minimum atomic E-state index is -0.135. The van der Waals surface area contributed by atoms with E-state index in [-0.39, 0.29) is 21.5 Å². The second-order valence-electron chi connectivity index (χ2n) is 23.5. The Hall–Kier alpha value is -9.45. The summed E-state index contributed by atoms with van der Waals surface area (Å²) >= 11 is 26.1. The summed E-state index contributed by atoms with van der Waals surface area (Å²) in [5.41, 5.74) is 15.7. The van der Waals surface area contributed by atoms with E-state index in [0.717, 1.165) is 106 Å². The quantitative estimate of drug-likeness (QED) is 0.0933. The number of hydrogen-bond donors (Lipinski definition) is 3. The molecule has 3 N–H and O–H groups in total. The highest BCUT2D eigenvalue weighted by Crippen LogP contribution is 2.50. The Balaban J connectivity index is 0.799. The fourth-order valence-corrected chi connectivity index (χ4v) is 15.8. The molecule has 94 heavy (non-hydrogen) atoms. The van der Waals surface area contributed by atoms with E-state index in [9.17, 15) is 14.4 Å². The van der Waals surface area contributed by atoms with Gasteiger partial charge in [-0.05, 0) is 120 Å². The lowest BCUT2D eigenvalue weighted by atomic mass is 9.93. The van der Waals surface area contributed by atoms with Gasteiger partial charge in [0.05, 0.1) is 74.8 Å². The number of H-pyrrole nitrogens is 3. The average Bonchev–Trinajstić information content (AvgIpc) is 1.63. The summed E-state index contributed by atoms with van der Waals surface area (Å²) in [5, 5.41) is 6.54. The lowest BCUT2D eigenvalue weighted by Gasteiger charge is -2.18. The molecule has 1 aliphatic rings. The summed E-state index contributed by atoms with van der Waals surface area (Å²) in [6.07, 6.45) is 12.8. The first-order valence-corrected chi connectivity index (χ1v) is 34.5. The van der Waals surface area contributed by atoms with Crippen LogP contribution in [-0.2, 0) is 0 Å². The van der Waals surface area contributed by atoms with Gasteiger partial charge in [-0.15, -0.1) is 35.3 Å². The van der Waals surface area contributed by atoms with Gasteiger partial charge in [-0.2, -0.15) is 0 Å². The zero-order valence-corrected chi connectivity index (χ0v) is 55.0. The highest BCUT2D eigenvalue weighted by molar-refractivity contribution is 8.00. The molecule has 1 saturated carbocycles. The number of nitrogens with one attached hydrogen (secondary N) is 3. The summed E-state index contributed by atoms with van der Waals surface area (Å²) in [6, 6.07) is 53.1. The van der Waals surface area contributed by atoms with Crippen molar-refractivity contribution in [3.63, 3.8) is 0 Å². The topological polar surface area (TPSA) is 176 Å². The van der Waals surface area contributed by atoms with E-state index < -0.39 is 0 Å².